The summed E-state index contributed by atoms with van der Waals surface area (Å²) >= 11 is 0. The third-order valence-corrected chi connectivity index (χ3v) is 4.95. The standard InChI is InChI=1S/C18H17F3N4O/c19-18(20,21)15-8-16(23-11-22-15)24-9-13-7-14(10-24)25(13)17(26)6-12-4-2-1-3-5-12/h1-5,8,11,13-14H,6-7,9-10H2. The second-order valence-corrected chi connectivity index (χ2v) is 6.67. The van der Waals surface area contributed by atoms with Gasteiger partial charge in [-0.15, -0.1) is 0 Å². The number of carbonyl (C=O) groups is 1. The number of alkyl halides is 3. The van der Waals surface area contributed by atoms with Gasteiger partial charge in [0.1, 0.15) is 17.8 Å². The Hall–Kier alpha value is -2.64. The first kappa shape index (κ1) is 16.8. The number of hydrogen-bond donors (Lipinski definition) is 0. The Kier molecular flexibility index (Phi) is 4.05. The number of hydrogen-bond acceptors (Lipinski definition) is 4. The van der Waals surface area contributed by atoms with Crippen LogP contribution in [0.15, 0.2) is 42.7 Å². The van der Waals surface area contributed by atoms with Crippen LogP contribution in [0.1, 0.15) is 17.7 Å². The number of anilines is 1. The first-order chi connectivity index (χ1) is 12.4. The third-order valence-electron chi connectivity index (χ3n) is 4.95. The minimum absolute atomic E-state index is 0.0225. The van der Waals surface area contributed by atoms with Crippen molar-refractivity contribution in [3.63, 3.8) is 0 Å². The molecule has 4 heterocycles. The molecule has 1 aromatic heterocycles. The van der Waals surface area contributed by atoms with Gasteiger partial charge in [-0.2, -0.15) is 13.2 Å². The van der Waals surface area contributed by atoms with Gasteiger partial charge in [-0.1, -0.05) is 30.3 Å². The summed E-state index contributed by atoms with van der Waals surface area (Å²) in [4.78, 5) is 23.5. The van der Waals surface area contributed by atoms with Crippen molar-refractivity contribution in [1.29, 1.82) is 0 Å². The average Bonchev–Trinajstić information content (AvgIpc) is 2.62. The van der Waals surface area contributed by atoms with Crippen molar-refractivity contribution in [2.24, 2.45) is 0 Å². The van der Waals surface area contributed by atoms with E-state index in [0.29, 0.717) is 19.5 Å². The zero-order chi connectivity index (χ0) is 18.3. The lowest BCUT2D eigenvalue weighted by Crippen LogP contribution is -2.70. The number of benzene rings is 1. The molecule has 0 radical (unpaired) electrons. The molecule has 1 aromatic carbocycles. The highest BCUT2D eigenvalue weighted by Crippen LogP contribution is 2.36. The van der Waals surface area contributed by atoms with E-state index in [-0.39, 0.29) is 23.8 Å². The molecular formula is C18H17F3N4O. The van der Waals surface area contributed by atoms with Crippen molar-refractivity contribution < 1.29 is 18.0 Å². The second-order valence-electron chi connectivity index (χ2n) is 6.67. The van der Waals surface area contributed by atoms with Gasteiger partial charge in [0.15, 0.2) is 0 Å². The maximum Gasteiger partial charge on any atom is 0.433 e. The lowest BCUT2D eigenvalue weighted by Gasteiger charge is -2.56. The molecule has 3 saturated heterocycles. The molecule has 2 atom stereocenters. The molecule has 2 unspecified atom stereocenters. The van der Waals surface area contributed by atoms with Crippen molar-refractivity contribution >= 4 is 11.7 Å². The molecule has 136 valence electrons. The fourth-order valence-corrected chi connectivity index (χ4v) is 3.74. The van der Waals surface area contributed by atoms with Gasteiger partial charge in [-0.25, -0.2) is 9.97 Å². The van der Waals surface area contributed by atoms with Crippen molar-refractivity contribution in [3.8, 4) is 0 Å². The molecule has 5 rings (SSSR count). The van der Waals surface area contributed by atoms with Crippen LogP contribution >= 0.6 is 0 Å². The number of fused-ring (bicyclic) bond motifs is 2. The van der Waals surface area contributed by atoms with Gasteiger partial charge < -0.3 is 9.80 Å². The van der Waals surface area contributed by atoms with Crippen LogP contribution in [0.3, 0.4) is 0 Å². The van der Waals surface area contributed by atoms with Crippen LogP contribution < -0.4 is 4.90 Å². The van der Waals surface area contributed by atoms with E-state index in [2.05, 4.69) is 9.97 Å². The van der Waals surface area contributed by atoms with Crippen molar-refractivity contribution in [1.82, 2.24) is 14.9 Å². The van der Waals surface area contributed by atoms with Crippen molar-refractivity contribution in [2.45, 2.75) is 31.1 Å². The van der Waals surface area contributed by atoms with Gasteiger partial charge in [0.05, 0.1) is 18.5 Å². The average molecular weight is 362 g/mol. The van der Waals surface area contributed by atoms with E-state index >= 15 is 0 Å². The Morgan fingerprint density at radius 3 is 2.46 bits per heavy atom. The van der Waals surface area contributed by atoms with Gasteiger partial charge in [-0.3, -0.25) is 4.79 Å². The van der Waals surface area contributed by atoms with E-state index in [1.807, 2.05) is 40.1 Å². The smallest absolute Gasteiger partial charge is 0.352 e. The highest BCUT2D eigenvalue weighted by Gasteiger charge is 2.47. The van der Waals surface area contributed by atoms with Gasteiger partial charge >= 0.3 is 6.18 Å². The minimum Gasteiger partial charge on any atom is -0.352 e. The molecule has 2 aromatic rings. The summed E-state index contributed by atoms with van der Waals surface area (Å²) in [6.45, 7) is 0.983. The normalized spacial score (nSPS) is 22.1. The number of piperazine rings is 1. The maximum absolute atomic E-state index is 12.8. The van der Waals surface area contributed by atoms with Gasteiger partial charge in [0, 0.05) is 19.2 Å². The quantitative estimate of drug-likeness (QED) is 0.842. The summed E-state index contributed by atoms with van der Waals surface area (Å²) in [5.41, 5.74) is 0.0173. The number of nitrogens with zero attached hydrogens (tertiary/aromatic N) is 4. The molecule has 3 fully saturated rings. The summed E-state index contributed by atoms with van der Waals surface area (Å²) in [5, 5.41) is 0. The third kappa shape index (κ3) is 3.11. The fraction of sp³-hybridized carbons (Fsp3) is 0.389. The van der Waals surface area contributed by atoms with E-state index in [1.165, 1.54) is 0 Å². The molecule has 0 saturated carbocycles. The second kappa shape index (κ2) is 6.26. The van der Waals surface area contributed by atoms with E-state index in [0.717, 1.165) is 24.4 Å². The van der Waals surface area contributed by atoms with Crippen LogP contribution in [0.4, 0.5) is 19.0 Å². The predicted octanol–water partition coefficient (Wildman–Crippen LogP) is 2.53. The molecule has 2 bridgehead atoms. The van der Waals surface area contributed by atoms with Crippen LogP contribution in [-0.2, 0) is 17.4 Å². The van der Waals surface area contributed by atoms with Crippen LogP contribution in [0.25, 0.3) is 0 Å². The first-order valence-electron chi connectivity index (χ1n) is 8.41. The molecule has 8 heteroatoms. The molecule has 26 heavy (non-hydrogen) atoms. The van der Waals surface area contributed by atoms with E-state index in [1.54, 1.807) is 0 Å². The summed E-state index contributed by atoms with van der Waals surface area (Å²) in [5.74, 6) is 0.327. The molecule has 0 N–H and O–H groups in total. The molecule has 3 aliphatic rings. The van der Waals surface area contributed by atoms with Crippen LogP contribution in [0.5, 0.6) is 0 Å². The molecule has 0 spiro atoms. The number of halogens is 3. The van der Waals surface area contributed by atoms with Crippen molar-refractivity contribution in [2.75, 3.05) is 18.0 Å². The van der Waals surface area contributed by atoms with Gasteiger partial charge in [0.2, 0.25) is 5.91 Å². The Morgan fingerprint density at radius 2 is 1.81 bits per heavy atom. The highest BCUT2D eigenvalue weighted by molar-refractivity contribution is 5.80. The molecule has 5 nitrogen and oxygen atoms in total. The SMILES string of the molecule is O=C(Cc1ccccc1)N1C2CC1CN(c1cc(C(F)(F)F)ncn1)C2. The largest absolute Gasteiger partial charge is 0.433 e. The summed E-state index contributed by atoms with van der Waals surface area (Å²) in [6.07, 6.45) is -2.32. The Bertz CT molecular complexity index is 800. The number of rotatable bonds is 3. The van der Waals surface area contributed by atoms with E-state index < -0.39 is 11.9 Å². The number of aromatic nitrogens is 2. The van der Waals surface area contributed by atoms with Crippen LogP contribution in [0, 0.1) is 0 Å². The van der Waals surface area contributed by atoms with E-state index in [9.17, 15) is 18.0 Å². The Morgan fingerprint density at radius 1 is 1.12 bits per heavy atom. The zero-order valence-electron chi connectivity index (χ0n) is 13.9. The minimum atomic E-state index is -4.49. The number of carbonyl (C=O) groups excluding carboxylic acids is 1. The highest BCUT2D eigenvalue weighted by atomic mass is 19.4. The van der Waals surface area contributed by atoms with E-state index in [4.69, 9.17) is 0 Å². The zero-order valence-corrected chi connectivity index (χ0v) is 13.9. The Balaban J connectivity index is 1.43. The number of amides is 1. The molecule has 0 aliphatic carbocycles. The van der Waals surface area contributed by atoms with Crippen LogP contribution in [-0.4, -0.2) is 45.9 Å². The topological polar surface area (TPSA) is 49.3 Å². The molecule has 3 aliphatic heterocycles. The maximum atomic E-state index is 12.8. The summed E-state index contributed by atoms with van der Waals surface area (Å²) < 4.78 is 38.5. The Labute approximate surface area is 148 Å². The van der Waals surface area contributed by atoms with Crippen LogP contribution in [0.2, 0.25) is 0 Å². The predicted molar refractivity (Wildman–Crippen MR) is 88.4 cm³/mol. The molecular weight excluding hydrogens is 345 g/mol. The first-order valence-corrected chi connectivity index (χ1v) is 8.41. The van der Waals surface area contributed by atoms with Gasteiger partial charge in [-0.05, 0) is 12.0 Å². The number of piperidine rings is 1. The summed E-state index contributed by atoms with van der Waals surface area (Å²) in [6, 6.07) is 10.5. The van der Waals surface area contributed by atoms with Gasteiger partial charge in [0.25, 0.3) is 0 Å². The monoisotopic (exact) mass is 362 g/mol. The fourth-order valence-electron chi connectivity index (χ4n) is 3.74. The lowest BCUT2D eigenvalue weighted by atomic mass is 9.86. The molecule has 1 amide bonds. The summed E-state index contributed by atoms with van der Waals surface area (Å²) in [7, 11) is 0. The lowest BCUT2D eigenvalue weighted by molar-refractivity contribution is -0.145. The van der Waals surface area contributed by atoms with Crippen molar-refractivity contribution in [3.05, 3.63) is 54.0 Å².